The van der Waals surface area contributed by atoms with Crippen molar-refractivity contribution in [1.82, 2.24) is 0 Å². The Morgan fingerprint density at radius 1 is 0.789 bits per heavy atom. The van der Waals surface area contributed by atoms with Gasteiger partial charge in [0, 0.05) is 44.1 Å². The van der Waals surface area contributed by atoms with E-state index in [4.69, 9.17) is 4.74 Å². The van der Waals surface area contributed by atoms with E-state index < -0.39 is 37.1 Å². The summed E-state index contributed by atoms with van der Waals surface area (Å²) in [6, 6.07) is 17.8. The largest absolute Gasteiger partial charge is 0.461 e. The Balaban J connectivity index is 1.89. The van der Waals surface area contributed by atoms with Gasteiger partial charge in [0.05, 0.1) is 6.54 Å². The highest BCUT2D eigenvalue weighted by molar-refractivity contribution is 5.54. The number of hydrogen-bond donors (Lipinski definition) is 1. The second-order valence-electron chi connectivity index (χ2n) is 8.54. The fourth-order valence-corrected chi connectivity index (χ4v) is 3.41. The van der Waals surface area contributed by atoms with Gasteiger partial charge in [0.25, 0.3) is 0 Å². The molecule has 1 N–H and O–H groups in total. The van der Waals surface area contributed by atoms with E-state index in [2.05, 4.69) is 4.74 Å². The first-order chi connectivity index (χ1) is 17.7. The maximum atomic E-state index is 13.3. The Labute approximate surface area is 214 Å². The van der Waals surface area contributed by atoms with Crippen LogP contribution in [0.3, 0.4) is 0 Å². The SMILES string of the molecule is CN(C)c1cccc(Oc2cccc(N(Cc3cccc(OC(F)(F)C(F)F)c3)C[C@@H](O)C(F)(F)F)c2)c1. The van der Waals surface area contributed by atoms with Crippen LogP contribution in [0.4, 0.5) is 42.1 Å². The number of aliphatic hydroxyl groups excluding tert-OH is 1. The summed E-state index contributed by atoms with van der Waals surface area (Å²) in [6.07, 6.45) is -16.5. The molecule has 0 spiro atoms. The first-order valence-corrected chi connectivity index (χ1v) is 11.2. The van der Waals surface area contributed by atoms with Gasteiger partial charge in [-0.2, -0.15) is 30.7 Å². The van der Waals surface area contributed by atoms with Crippen molar-refractivity contribution in [3.63, 3.8) is 0 Å². The molecule has 0 amide bonds. The minimum Gasteiger partial charge on any atom is -0.457 e. The van der Waals surface area contributed by atoms with Crippen molar-refractivity contribution >= 4 is 11.4 Å². The van der Waals surface area contributed by atoms with Crippen molar-refractivity contribution in [1.29, 1.82) is 0 Å². The van der Waals surface area contributed by atoms with Gasteiger partial charge in [0.2, 0.25) is 0 Å². The van der Waals surface area contributed by atoms with Crippen molar-refractivity contribution in [2.75, 3.05) is 30.4 Å². The van der Waals surface area contributed by atoms with Crippen molar-refractivity contribution in [2.45, 2.75) is 31.4 Å². The lowest BCUT2D eigenvalue weighted by molar-refractivity contribution is -0.253. The number of hydrogen-bond acceptors (Lipinski definition) is 5. The van der Waals surface area contributed by atoms with Gasteiger partial charge in [-0.25, -0.2) is 0 Å². The van der Waals surface area contributed by atoms with Gasteiger partial charge in [-0.15, -0.1) is 0 Å². The molecule has 0 aliphatic rings. The zero-order chi connectivity index (χ0) is 28.1. The molecule has 0 aromatic heterocycles. The van der Waals surface area contributed by atoms with E-state index in [-0.39, 0.29) is 17.8 Å². The Morgan fingerprint density at radius 3 is 1.92 bits per heavy atom. The third-order valence-electron chi connectivity index (χ3n) is 5.30. The van der Waals surface area contributed by atoms with Crippen LogP contribution in [0.5, 0.6) is 17.2 Å². The molecule has 0 saturated heterocycles. The van der Waals surface area contributed by atoms with Crippen LogP contribution in [-0.2, 0) is 6.54 Å². The quantitative estimate of drug-likeness (QED) is 0.271. The molecule has 0 radical (unpaired) electrons. The lowest BCUT2D eigenvalue weighted by Gasteiger charge is -2.29. The molecule has 0 unspecified atom stereocenters. The number of ether oxygens (including phenoxy) is 2. The van der Waals surface area contributed by atoms with Gasteiger partial charge < -0.3 is 24.4 Å². The van der Waals surface area contributed by atoms with E-state index in [0.29, 0.717) is 11.5 Å². The summed E-state index contributed by atoms with van der Waals surface area (Å²) in [6.45, 7) is -1.20. The van der Waals surface area contributed by atoms with E-state index in [0.717, 1.165) is 22.7 Å². The molecule has 206 valence electrons. The molecule has 3 rings (SSSR count). The lowest BCUT2D eigenvalue weighted by atomic mass is 10.1. The summed E-state index contributed by atoms with van der Waals surface area (Å²) in [5.74, 6) is 0.167. The zero-order valence-electron chi connectivity index (χ0n) is 20.3. The van der Waals surface area contributed by atoms with Gasteiger partial charge in [-0.3, -0.25) is 0 Å². The zero-order valence-corrected chi connectivity index (χ0v) is 20.3. The molecular formula is C26H25F7N2O3. The van der Waals surface area contributed by atoms with Crippen molar-refractivity contribution in [3.05, 3.63) is 78.4 Å². The van der Waals surface area contributed by atoms with E-state index in [1.807, 2.05) is 25.1 Å². The third kappa shape index (κ3) is 7.91. The number of nitrogens with zero attached hydrogens (tertiary/aromatic N) is 2. The summed E-state index contributed by atoms with van der Waals surface area (Å²) in [5.41, 5.74) is 1.25. The van der Waals surface area contributed by atoms with Crippen LogP contribution >= 0.6 is 0 Å². The fourth-order valence-electron chi connectivity index (χ4n) is 3.41. The molecule has 38 heavy (non-hydrogen) atoms. The van der Waals surface area contributed by atoms with Crippen LogP contribution in [0.25, 0.3) is 0 Å². The molecule has 0 aliphatic heterocycles. The summed E-state index contributed by atoms with van der Waals surface area (Å²) in [4.78, 5) is 3.02. The van der Waals surface area contributed by atoms with Crippen LogP contribution in [0, 0.1) is 0 Å². The smallest absolute Gasteiger partial charge is 0.457 e. The van der Waals surface area contributed by atoms with Crippen molar-refractivity contribution < 1.29 is 45.3 Å². The van der Waals surface area contributed by atoms with E-state index in [1.165, 1.54) is 30.3 Å². The number of rotatable bonds is 11. The summed E-state index contributed by atoms with van der Waals surface area (Å²) in [5, 5.41) is 9.74. The van der Waals surface area contributed by atoms with Crippen LogP contribution in [0.15, 0.2) is 72.8 Å². The van der Waals surface area contributed by atoms with Gasteiger partial charge in [-0.1, -0.05) is 24.3 Å². The Kier molecular flexibility index (Phi) is 8.97. The topological polar surface area (TPSA) is 45.2 Å². The van der Waals surface area contributed by atoms with Gasteiger partial charge >= 0.3 is 18.7 Å². The molecule has 1 atom stereocenters. The molecule has 0 saturated carbocycles. The summed E-state index contributed by atoms with van der Waals surface area (Å²) >= 11 is 0. The maximum absolute atomic E-state index is 13.3. The molecule has 12 heteroatoms. The number of alkyl halides is 7. The highest BCUT2D eigenvalue weighted by atomic mass is 19.4. The Bertz CT molecular complexity index is 1210. The van der Waals surface area contributed by atoms with Crippen molar-refractivity contribution in [2.24, 2.45) is 0 Å². The van der Waals surface area contributed by atoms with E-state index in [1.54, 1.807) is 24.3 Å². The lowest BCUT2D eigenvalue weighted by Crippen LogP contribution is -2.40. The highest BCUT2D eigenvalue weighted by Crippen LogP contribution is 2.32. The number of halogens is 7. The van der Waals surface area contributed by atoms with Crippen LogP contribution in [0.2, 0.25) is 0 Å². The average molecular weight is 546 g/mol. The first-order valence-electron chi connectivity index (χ1n) is 11.2. The number of anilines is 2. The fraction of sp³-hybridized carbons (Fsp3) is 0.308. The van der Waals surface area contributed by atoms with Crippen LogP contribution < -0.4 is 19.3 Å². The average Bonchev–Trinajstić information content (AvgIpc) is 2.83. The summed E-state index contributed by atoms with van der Waals surface area (Å²) < 4.78 is 101. The monoisotopic (exact) mass is 546 g/mol. The van der Waals surface area contributed by atoms with Crippen LogP contribution in [-0.4, -0.2) is 50.6 Å². The Hall–Kier alpha value is -3.67. The third-order valence-corrected chi connectivity index (χ3v) is 5.30. The summed E-state index contributed by atoms with van der Waals surface area (Å²) in [7, 11) is 3.69. The molecule has 0 aliphatic carbocycles. The second-order valence-corrected chi connectivity index (χ2v) is 8.54. The van der Waals surface area contributed by atoms with Gasteiger partial charge in [0.15, 0.2) is 6.10 Å². The molecule has 0 bridgehead atoms. The number of benzene rings is 3. The minimum atomic E-state index is -4.93. The highest BCUT2D eigenvalue weighted by Gasteiger charge is 2.44. The molecule has 3 aromatic carbocycles. The van der Waals surface area contributed by atoms with Gasteiger partial charge in [0.1, 0.15) is 17.2 Å². The normalized spacial score (nSPS) is 12.8. The second kappa shape index (κ2) is 11.8. The first kappa shape index (κ1) is 28.9. The standard InChI is InChI=1S/C26H25F7N2O3/c1-34(2)18-7-4-9-20(13-18)37-21-10-5-8-19(14-21)35(16-23(36)25(29,30)31)15-17-6-3-11-22(12-17)38-26(32,33)24(27)28/h3-14,23-24,36H,15-16H2,1-2H3/t23-/m1/s1. The Morgan fingerprint density at radius 2 is 1.34 bits per heavy atom. The molecule has 0 fully saturated rings. The van der Waals surface area contributed by atoms with Gasteiger partial charge in [-0.05, 0) is 42.0 Å². The van der Waals surface area contributed by atoms with Crippen LogP contribution in [0.1, 0.15) is 5.56 Å². The number of aliphatic hydroxyl groups is 1. The molecule has 3 aromatic rings. The molecule has 5 nitrogen and oxygen atoms in total. The van der Waals surface area contributed by atoms with Crippen molar-refractivity contribution in [3.8, 4) is 17.2 Å². The predicted molar refractivity (Wildman–Crippen MR) is 128 cm³/mol. The predicted octanol–water partition coefficient (Wildman–Crippen LogP) is 6.71. The maximum Gasteiger partial charge on any atom is 0.461 e. The van der Waals surface area contributed by atoms with E-state index >= 15 is 0 Å². The molecular weight excluding hydrogens is 521 g/mol. The van der Waals surface area contributed by atoms with E-state index in [9.17, 15) is 35.8 Å². The minimum absolute atomic E-state index is 0.173. The molecule has 0 heterocycles.